The molecule has 2 amide bonds. The summed E-state index contributed by atoms with van der Waals surface area (Å²) in [5.74, 6) is 0.372. The molecular weight excluding hydrogens is 666 g/mol. The van der Waals surface area contributed by atoms with Gasteiger partial charge in [-0.05, 0) is 61.9 Å². The molecule has 1 atom stereocenters. The monoisotopic (exact) mass is 711 g/mol. The number of ether oxygens (including phenoxy) is 2. The summed E-state index contributed by atoms with van der Waals surface area (Å²) >= 11 is 6.70. The number of benzene rings is 3. The maximum Gasteiger partial charge on any atom is 0.318 e. The van der Waals surface area contributed by atoms with Gasteiger partial charge in [0.25, 0.3) is 0 Å². The Bertz CT molecular complexity index is 1850. The summed E-state index contributed by atoms with van der Waals surface area (Å²) in [7, 11) is 0. The van der Waals surface area contributed by atoms with Crippen molar-refractivity contribution in [1.29, 1.82) is 0 Å². The molecule has 0 unspecified atom stereocenters. The Morgan fingerprint density at radius 3 is 2.73 bits per heavy atom. The van der Waals surface area contributed by atoms with Gasteiger partial charge in [-0.15, -0.1) is 0 Å². The SMILES string of the molecule is C=CC(=O)NCCNc1nc(OC[C@@H]2CCCN2CCNC(=O)COCc2cccc(C)c2)nc2c1CCN(c1cccc3cccc(Cl)c13)C2. The molecule has 6 rings (SSSR count). The van der Waals surface area contributed by atoms with Crippen LogP contribution in [0.5, 0.6) is 6.01 Å². The maximum absolute atomic E-state index is 12.4. The van der Waals surface area contributed by atoms with Crippen molar-refractivity contribution in [3.8, 4) is 6.01 Å². The second-order valence-corrected chi connectivity index (χ2v) is 13.4. The van der Waals surface area contributed by atoms with Crippen molar-refractivity contribution in [2.24, 2.45) is 0 Å². The smallest absolute Gasteiger partial charge is 0.318 e. The predicted octanol–water partition coefficient (Wildman–Crippen LogP) is 5.04. The molecule has 3 N–H and O–H groups in total. The van der Waals surface area contributed by atoms with E-state index in [9.17, 15) is 9.59 Å². The zero-order chi connectivity index (χ0) is 35.6. The molecule has 11 nitrogen and oxygen atoms in total. The average molecular weight is 712 g/mol. The molecule has 1 fully saturated rings. The van der Waals surface area contributed by atoms with Crippen LogP contribution in [0, 0.1) is 6.92 Å². The number of rotatable bonds is 16. The minimum absolute atomic E-state index is 0.0259. The van der Waals surface area contributed by atoms with Crippen LogP contribution in [-0.4, -0.2) is 85.2 Å². The van der Waals surface area contributed by atoms with Crippen molar-refractivity contribution in [2.45, 2.75) is 45.4 Å². The number of fused-ring (bicyclic) bond motifs is 2. The summed E-state index contributed by atoms with van der Waals surface area (Å²) in [6.45, 7) is 10.9. The highest BCUT2D eigenvalue weighted by atomic mass is 35.5. The van der Waals surface area contributed by atoms with Crippen LogP contribution in [-0.2, 0) is 33.9 Å². The maximum atomic E-state index is 12.4. The third kappa shape index (κ3) is 9.55. The molecule has 0 bridgehead atoms. The lowest BCUT2D eigenvalue weighted by molar-refractivity contribution is -0.126. The summed E-state index contributed by atoms with van der Waals surface area (Å²) in [4.78, 5) is 38.5. The fraction of sp³-hybridized carbons (Fsp3) is 0.385. The fourth-order valence-electron chi connectivity index (χ4n) is 6.81. The summed E-state index contributed by atoms with van der Waals surface area (Å²) in [5, 5.41) is 12.0. The number of aryl methyl sites for hydroxylation is 1. The van der Waals surface area contributed by atoms with Gasteiger partial charge in [-0.1, -0.05) is 72.3 Å². The van der Waals surface area contributed by atoms with E-state index >= 15 is 0 Å². The molecule has 268 valence electrons. The van der Waals surface area contributed by atoms with E-state index in [2.05, 4.69) is 62.7 Å². The summed E-state index contributed by atoms with van der Waals surface area (Å²) in [6.07, 6.45) is 4.03. The van der Waals surface area contributed by atoms with Crippen LogP contribution in [0.1, 0.15) is 35.2 Å². The number of aromatic nitrogens is 2. The van der Waals surface area contributed by atoms with Crippen LogP contribution < -0.4 is 25.6 Å². The van der Waals surface area contributed by atoms with Crippen molar-refractivity contribution in [3.05, 3.63) is 101 Å². The van der Waals surface area contributed by atoms with Crippen LogP contribution >= 0.6 is 11.6 Å². The van der Waals surface area contributed by atoms with E-state index < -0.39 is 0 Å². The molecule has 0 aliphatic carbocycles. The molecule has 51 heavy (non-hydrogen) atoms. The number of halogens is 1. The van der Waals surface area contributed by atoms with E-state index in [4.69, 9.17) is 31.0 Å². The van der Waals surface area contributed by atoms with Crippen molar-refractivity contribution in [1.82, 2.24) is 25.5 Å². The van der Waals surface area contributed by atoms with Crippen LogP contribution in [0.15, 0.2) is 73.3 Å². The number of hydrogen-bond donors (Lipinski definition) is 3. The number of carbonyl (C=O) groups excluding carboxylic acids is 2. The first kappa shape index (κ1) is 36.1. The van der Waals surface area contributed by atoms with E-state index in [1.54, 1.807) is 0 Å². The third-order valence-corrected chi connectivity index (χ3v) is 9.64. The standard InChI is InChI=1S/C39H46ClN7O4/c1-3-35(48)41-16-17-43-38-31-15-20-47(34-14-6-11-29-10-5-13-32(40)37(29)34)23-33(31)44-39(45-38)51-25-30-12-7-19-46(30)21-18-42-36(49)26-50-24-28-9-4-8-27(2)22-28/h3-6,8-11,13-14,22,30H,1,7,12,15-21,23-26H2,2H3,(H,41,48)(H,42,49)(H,43,44,45)/t30-/m0/s1. The molecular formula is C39H46ClN7O4. The van der Waals surface area contributed by atoms with Crippen LogP contribution in [0.2, 0.25) is 5.02 Å². The molecule has 1 aromatic heterocycles. The van der Waals surface area contributed by atoms with Gasteiger partial charge in [0.1, 0.15) is 19.0 Å². The summed E-state index contributed by atoms with van der Waals surface area (Å²) in [6, 6.07) is 20.8. The number of nitrogens with zero attached hydrogens (tertiary/aromatic N) is 4. The van der Waals surface area contributed by atoms with Crippen molar-refractivity contribution in [3.63, 3.8) is 0 Å². The Morgan fingerprint density at radius 2 is 1.88 bits per heavy atom. The van der Waals surface area contributed by atoms with Gasteiger partial charge in [-0.25, -0.2) is 0 Å². The van der Waals surface area contributed by atoms with Gasteiger partial charge in [-0.3, -0.25) is 14.5 Å². The van der Waals surface area contributed by atoms with Crippen LogP contribution in [0.4, 0.5) is 11.5 Å². The van der Waals surface area contributed by atoms with E-state index in [1.807, 2.05) is 37.3 Å². The van der Waals surface area contributed by atoms with Gasteiger partial charge >= 0.3 is 6.01 Å². The third-order valence-electron chi connectivity index (χ3n) is 9.33. The zero-order valence-corrected chi connectivity index (χ0v) is 29.9. The molecule has 0 radical (unpaired) electrons. The highest BCUT2D eigenvalue weighted by Crippen LogP contribution is 2.36. The average Bonchev–Trinajstić information content (AvgIpc) is 3.59. The minimum Gasteiger partial charge on any atom is -0.462 e. The Balaban J connectivity index is 1.07. The molecule has 3 heterocycles. The number of carbonyl (C=O) groups is 2. The molecule has 2 aliphatic rings. The Hall–Kier alpha value is -4.71. The van der Waals surface area contributed by atoms with Gasteiger partial charge in [-0.2, -0.15) is 9.97 Å². The second-order valence-electron chi connectivity index (χ2n) is 13.0. The van der Waals surface area contributed by atoms with Crippen LogP contribution in [0.3, 0.4) is 0 Å². The largest absolute Gasteiger partial charge is 0.462 e. The Labute approximate surface area is 304 Å². The predicted molar refractivity (Wildman–Crippen MR) is 201 cm³/mol. The van der Waals surface area contributed by atoms with Gasteiger partial charge in [0.15, 0.2) is 0 Å². The normalized spacial score (nSPS) is 15.7. The second kappa shape index (κ2) is 17.5. The molecule has 1 saturated heterocycles. The number of anilines is 2. The number of nitrogens with one attached hydrogen (secondary N) is 3. The molecule has 3 aromatic carbocycles. The Kier molecular flexibility index (Phi) is 12.4. The first-order valence-electron chi connectivity index (χ1n) is 17.6. The number of hydrogen-bond acceptors (Lipinski definition) is 9. The minimum atomic E-state index is -0.220. The summed E-state index contributed by atoms with van der Waals surface area (Å²) < 4.78 is 11.9. The molecule has 12 heteroatoms. The van der Waals surface area contributed by atoms with E-state index in [0.29, 0.717) is 57.8 Å². The molecule has 4 aromatic rings. The first-order valence-corrected chi connectivity index (χ1v) is 18.0. The zero-order valence-electron chi connectivity index (χ0n) is 29.1. The van der Waals surface area contributed by atoms with E-state index in [1.165, 1.54) is 11.6 Å². The van der Waals surface area contributed by atoms with Crippen molar-refractivity contribution < 1.29 is 19.1 Å². The van der Waals surface area contributed by atoms with Gasteiger partial charge in [0.2, 0.25) is 11.8 Å². The van der Waals surface area contributed by atoms with Gasteiger partial charge in [0, 0.05) is 55.4 Å². The van der Waals surface area contributed by atoms with E-state index in [-0.39, 0.29) is 24.5 Å². The van der Waals surface area contributed by atoms with Gasteiger partial charge in [0.05, 0.1) is 23.9 Å². The molecule has 0 saturated carbocycles. The van der Waals surface area contributed by atoms with E-state index in [0.717, 1.165) is 70.7 Å². The fourth-order valence-corrected chi connectivity index (χ4v) is 7.08. The molecule has 0 spiro atoms. The Morgan fingerprint density at radius 1 is 1.04 bits per heavy atom. The highest BCUT2D eigenvalue weighted by molar-refractivity contribution is 6.36. The lowest BCUT2D eigenvalue weighted by atomic mass is 10.0. The summed E-state index contributed by atoms with van der Waals surface area (Å²) in [5.41, 5.74) is 5.22. The van der Waals surface area contributed by atoms with Gasteiger partial charge < -0.3 is 30.3 Å². The first-order chi connectivity index (χ1) is 24.9. The molecule has 2 aliphatic heterocycles. The van der Waals surface area contributed by atoms with Crippen molar-refractivity contribution in [2.75, 3.05) is 62.7 Å². The van der Waals surface area contributed by atoms with Crippen molar-refractivity contribution >= 4 is 45.7 Å². The number of amides is 2. The topological polar surface area (TPSA) is 121 Å². The lowest BCUT2D eigenvalue weighted by Crippen LogP contribution is -2.41. The van der Waals surface area contributed by atoms with Crippen LogP contribution in [0.25, 0.3) is 10.8 Å². The quantitative estimate of drug-likeness (QED) is 0.108. The number of likely N-dealkylation sites (tertiary alicyclic amines) is 1. The lowest BCUT2D eigenvalue weighted by Gasteiger charge is -2.32. The highest BCUT2D eigenvalue weighted by Gasteiger charge is 2.27.